The third-order valence-corrected chi connectivity index (χ3v) is 5.89. The molecule has 3 atom stereocenters. The largest absolute Gasteiger partial charge is 0.379 e. The van der Waals surface area contributed by atoms with Crippen molar-refractivity contribution in [3.63, 3.8) is 0 Å². The van der Waals surface area contributed by atoms with Gasteiger partial charge in [0, 0.05) is 18.7 Å². The number of oxime groups is 1. The lowest BCUT2D eigenvalue weighted by molar-refractivity contribution is -0.186. The van der Waals surface area contributed by atoms with Crippen molar-refractivity contribution in [1.29, 1.82) is 0 Å². The molecule has 128 valence electrons. The normalized spacial score (nSPS) is 31.2. The number of morpholine rings is 1. The number of ether oxygens (including phenoxy) is 1. The van der Waals surface area contributed by atoms with Crippen molar-refractivity contribution in [3.05, 3.63) is 71.3 Å². The van der Waals surface area contributed by atoms with Gasteiger partial charge in [-0.1, -0.05) is 66.7 Å². The minimum atomic E-state index is -0.495. The van der Waals surface area contributed by atoms with Gasteiger partial charge in [0.2, 0.25) is 5.72 Å². The van der Waals surface area contributed by atoms with E-state index in [2.05, 4.69) is 65.5 Å². The molecule has 0 N–H and O–H groups in total. The number of benzene rings is 2. The molecule has 1 aliphatic carbocycles. The Morgan fingerprint density at radius 2 is 1.72 bits per heavy atom. The Kier molecular flexibility index (Phi) is 3.43. The molecular formula is C21H22N2O2. The molecule has 0 unspecified atom stereocenters. The molecule has 2 aromatic carbocycles. The summed E-state index contributed by atoms with van der Waals surface area (Å²) in [7, 11) is 0. The van der Waals surface area contributed by atoms with E-state index in [9.17, 15) is 0 Å². The number of nitrogens with zero attached hydrogens (tertiary/aromatic N) is 2. The number of fused-ring (bicyclic) bond motifs is 3. The quantitative estimate of drug-likeness (QED) is 0.845. The monoisotopic (exact) mass is 334 g/mol. The van der Waals surface area contributed by atoms with E-state index in [0.29, 0.717) is 5.92 Å². The minimum Gasteiger partial charge on any atom is -0.379 e. The molecule has 3 aliphatic rings. The summed E-state index contributed by atoms with van der Waals surface area (Å²) < 4.78 is 5.60. The summed E-state index contributed by atoms with van der Waals surface area (Å²) in [6.07, 6.45) is 0. The summed E-state index contributed by atoms with van der Waals surface area (Å²) in [5.74, 6) is 0.561. The Labute approximate surface area is 148 Å². The van der Waals surface area contributed by atoms with Gasteiger partial charge in [-0.05, 0) is 17.0 Å². The van der Waals surface area contributed by atoms with Crippen LogP contribution in [0.15, 0.2) is 59.8 Å². The Morgan fingerprint density at radius 1 is 1.00 bits per heavy atom. The fourth-order valence-electron chi connectivity index (χ4n) is 4.77. The molecule has 1 fully saturated rings. The first-order valence-electron chi connectivity index (χ1n) is 9.06. The van der Waals surface area contributed by atoms with Crippen LogP contribution in [0.4, 0.5) is 0 Å². The van der Waals surface area contributed by atoms with Crippen LogP contribution in [0.2, 0.25) is 0 Å². The van der Waals surface area contributed by atoms with E-state index >= 15 is 0 Å². The van der Waals surface area contributed by atoms with Crippen molar-refractivity contribution in [3.8, 4) is 0 Å². The Hall–Kier alpha value is -2.17. The van der Waals surface area contributed by atoms with Gasteiger partial charge < -0.3 is 9.57 Å². The summed E-state index contributed by atoms with van der Waals surface area (Å²) in [6, 6.07) is 19.1. The molecule has 2 aliphatic heterocycles. The van der Waals surface area contributed by atoms with Crippen LogP contribution in [0.3, 0.4) is 0 Å². The number of hydrogen-bond donors (Lipinski definition) is 0. The van der Waals surface area contributed by atoms with Gasteiger partial charge in [0.1, 0.15) is 0 Å². The molecule has 4 nitrogen and oxygen atoms in total. The van der Waals surface area contributed by atoms with Crippen LogP contribution in [0, 0.1) is 5.92 Å². The zero-order valence-electron chi connectivity index (χ0n) is 14.4. The highest BCUT2D eigenvalue weighted by Gasteiger charge is 2.62. The van der Waals surface area contributed by atoms with Gasteiger partial charge in [-0.2, -0.15) is 0 Å². The van der Waals surface area contributed by atoms with Gasteiger partial charge in [0.05, 0.1) is 24.8 Å². The van der Waals surface area contributed by atoms with Crippen LogP contribution in [-0.4, -0.2) is 36.9 Å². The lowest BCUT2D eigenvalue weighted by Gasteiger charge is -2.42. The summed E-state index contributed by atoms with van der Waals surface area (Å²) in [5.41, 5.74) is 4.37. The average molecular weight is 334 g/mol. The maximum absolute atomic E-state index is 6.33. The smallest absolute Gasteiger partial charge is 0.226 e. The first kappa shape index (κ1) is 15.1. The maximum atomic E-state index is 6.33. The van der Waals surface area contributed by atoms with Gasteiger partial charge in [-0.25, -0.2) is 0 Å². The molecule has 0 aromatic heterocycles. The minimum absolute atomic E-state index is 0.199. The van der Waals surface area contributed by atoms with E-state index < -0.39 is 5.72 Å². The molecule has 4 heteroatoms. The van der Waals surface area contributed by atoms with E-state index in [1.807, 2.05) is 6.07 Å². The maximum Gasteiger partial charge on any atom is 0.226 e. The summed E-state index contributed by atoms with van der Waals surface area (Å²) in [6.45, 7) is 5.53. The number of hydrogen-bond acceptors (Lipinski definition) is 4. The third kappa shape index (κ3) is 2.04. The molecule has 0 saturated carbocycles. The third-order valence-electron chi connectivity index (χ3n) is 5.89. The standard InChI is InChI=1S/C21H22N2O2/c1-15-17-9-5-6-10-18(17)21(23-11-13-24-14-12-23)19(15)20(22-25-21)16-7-3-2-4-8-16/h2-10,15,19H,11-14H2,1H3/t15-,19-,21-/m0/s1. The molecule has 0 amide bonds. The van der Waals surface area contributed by atoms with Gasteiger partial charge in [0.15, 0.2) is 0 Å². The number of rotatable bonds is 2. The second kappa shape index (κ2) is 5.68. The molecule has 1 saturated heterocycles. The molecule has 25 heavy (non-hydrogen) atoms. The molecule has 2 heterocycles. The van der Waals surface area contributed by atoms with Gasteiger partial charge in [-0.15, -0.1) is 0 Å². The predicted octanol–water partition coefficient (Wildman–Crippen LogP) is 3.34. The van der Waals surface area contributed by atoms with E-state index in [1.165, 1.54) is 11.1 Å². The van der Waals surface area contributed by atoms with Crippen molar-refractivity contribution in [2.45, 2.75) is 18.6 Å². The summed E-state index contributed by atoms with van der Waals surface area (Å²) in [5, 5.41) is 4.62. The van der Waals surface area contributed by atoms with Crippen LogP contribution >= 0.6 is 0 Å². The van der Waals surface area contributed by atoms with E-state index in [1.54, 1.807) is 0 Å². The first-order chi connectivity index (χ1) is 12.3. The second-order valence-corrected chi connectivity index (χ2v) is 7.08. The van der Waals surface area contributed by atoms with Crippen LogP contribution in [0.1, 0.15) is 29.5 Å². The fourth-order valence-corrected chi connectivity index (χ4v) is 4.77. The fraction of sp³-hybridized carbons (Fsp3) is 0.381. The molecular weight excluding hydrogens is 312 g/mol. The Morgan fingerprint density at radius 3 is 2.52 bits per heavy atom. The van der Waals surface area contributed by atoms with E-state index in [-0.39, 0.29) is 5.92 Å². The van der Waals surface area contributed by atoms with Crippen LogP contribution in [0.25, 0.3) is 0 Å². The van der Waals surface area contributed by atoms with Crippen LogP contribution in [0.5, 0.6) is 0 Å². The summed E-state index contributed by atoms with van der Waals surface area (Å²) >= 11 is 0. The second-order valence-electron chi connectivity index (χ2n) is 7.08. The van der Waals surface area contributed by atoms with Crippen LogP contribution < -0.4 is 0 Å². The van der Waals surface area contributed by atoms with Gasteiger partial charge >= 0.3 is 0 Å². The highest BCUT2D eigenvalue weighted by atomic mass is 16.7. The SMILES string of the molecule is C[C@H]1c2ccccc2[C@]2(N3CCOCC3)ON=C(c3ccccc3)[C@H]12. The lowest BCUT2D eigenvalue weighted by atomic mass is 9.82. The van der Waals surface area contributed by atoms with Crippen molar-refractivity contribution < 1.29 is 9.57 Å². The molecule has 0 radical (unpaired) electrons. The van der Waals surface area contributed by atoms with Crippen molar-refractivity contribution in [1.82, 2.24) is 4.90 Å². The molecule has 0 spiro atoms. The predicted molar refractivity (Wildman–Crippen MR) is 96.5 cm³/mol. The van der Waals surface area contributed by atoms with E-state index in [0.717, 1.165) is 37.6 Å². The molecule has 0 bridgehead atoms. The highest BCUT2D eigenvalue weighted by molar-refractivity contribution is 6.04. The topological polar surface area (TPSA) is 34.1 Å². The average Bonchev–Trinajstić information content (AvgIpc) is 3.20. The van der Waals surface area contributed by atoms with Gasteiger partial charge in [-0.3, -0.25) is 4.90 Å². The zero-order valence-corrected chi connectivity index (χ0v) is 14.4. The molecule has 2 aromatic rings. The van der Waals surface area contributed by atoms with Crippen LogP contribution in [-0.2, 0) is 15.3 Å². The lowest BCUT2D eigenvalue weighted by Crippen LogP contribution is -2.54. The van der Waals surface area contributed by atoms with Gasteiger partial charge in [0.25, 0.3) is 0 Å². The zero-order chi connectivity index (χ0) is 16.9. The van der Waals surface area contributed by atoms with Crippen molar-refractivity contribution in [2.75, 3.05) is 26.3 Å². The Balaban J connectivity index is 1.66. The first-order valence-corrected chi connectivity index (χ1v) is 9.06. The molecule has 5 rings (SSSR count). The van der Waals surface area contributed by atoms with Crippen molar-refractivity contribution in [2.24, 2.45) is 11.1 Å². The van der Waals surface area contributed by atoms with E-state index in [4.69, 9.17) is 9.57 Å². The Bertz CT molecular complexity index is 814. The van der Waals surface area contributed by atoms with Crippen molar-refractivity contribution >= 4 is 5.71 Å². The highest BCUT2D eigenvalue weighted by Crippen LogP contribution is 2.57. The summed E-state index contributed by atoms with van der Waals surface area (Å²) in [4.78, 5) is 8.76.